The first-order valence-electron chi connectivity index (χ1n) is 13.8. The van der Waals surface area contributed by atoms with Gasteiger partial charge in [0.05, 0.1) is 26.4 Å². The number of amides is 3. The van der Waals surface area contributed by atoms with E-state index < -0.39 is 53.7 Å². The predicted octanol–water partition coefficient (Wildman–Crippen LogP) is 4.79. The normalized spacial score (nSPS) is 13.3. The summed E-state index contributed by atoms with van der Waals surface area (Å²) in [5.41, 5.74) is 1.12. The van der Waals surface area contributed by atoms with E-state index in [0.29, 0.717) is 5.75 Å². The van der Waals surface area contributed by atoms with E-state index in [0.717, 1.165) is 5.56 Å². The number of benzene rings is 3. The molecule has 3 atom stereocenters. The Morgan fingerprint density at radius 2 is 1.51 bits per heavy atom. The van der Waals surface area contributed by atoms with Gasteiger partial charge in [0.2, 0.25) is 11.8 Å². The third-order valence-electron chi connectivity index (χ3n) is 6.63. The molecule has 45 heavy (non-hydrogen) atoms. The third-order valence-corrected chi connectivity index (χ3v) is 6.86. The molecule has 3 amide bonds. The molecule has 0 heterocycles. The average molecular weight is 648 g/mol. The molecule has 9 nitrogen and oxygen atoms in total. The van der Waals surface area contributed by atoms with Crippen LogP contribution < -0.4 is 20.7 Å². The zero-order chi connectivity index (χ0) is 33.1. The van der Waals surface area contributed by atoms with Crippen molar-refractivity contribution < 1.29 is 41.8 Å². The van der Waals surface area contributed by atoms with Crippen LogP contribution in [0.4, 0.5) is 13.2 Å². The SMILES string of the molecule is COc1ccc(C(NC(=O)[C@H](COCc2ccccc2)NC(=O)c2cccc(Cl)c2)C(=O)N[C@H](C(=O)C(F)(F)F)C(C)C)cc1. The second kappa shape index (κ2) is 16.1. The fourth-order valence-electron chi connectivity index (χ4n) is 4.21. The first-order chi connectivity index (χ1) is 21.3. The summed E-state index contributed by atoms with van der Waals surface area (Å²) in [7, 11) is 1.42. The zero-order valence-corrected chi connectivity index (χ0v) is 25.4. The van der Waals surface area contributed by atoms with Crippen molar-refractivity contribution in [2.45, 2.75) is 44.8 Å². The molecular weight excluding hydrogens is 615 g/mol. The van der Waals surface area contributed by atoms with Gasteiger partial charge in [-0.25, -0.2) is 0 Å². The van der Waals surface area contributed by atoms with Crippen LogP contribution in [0.25, 0.3) is 0 Å². The molecule has 240 valence electrons. The van der Waals surface area contributed by atoms with Gasteiger partial charge in [0, 0.05) is 10.6 Å². The van der Waals surface area contributed by atoms with Crippen LogP contribution in [0.1, 0.15) is 41.4 Å². The molecule has 0 saturated carbocycles. The van der Waals surface area contributed by atoms with Gasteiger partial charge >= 0.3 is 6.18 Å². The highest BCUT2D eigenvalue weighted by molar-refractivity contribution is 6.31. The Bertz CT molecular complexity index is 1470. The molecule has 3 rings (SSSR count). The number of hydrogen-bond donors (Lipinski definition) is 3. The molecule has 0 aliphatic rings. The van der Waals surface area contributed by atoms with Crippen LogP contribution in [-0.4, -0.2) is 55.5 Å². The molecule has 0 spiro atoms. The molecule has 0 radical (unpaired) electrons. The molecule has 0 bridgehead atoms. The fourth-order valence-corrected chi connectivity index (χ4v) is 4.40. The van der Waals surface area contributed by atoms with Crippen molar-refractivity contribution in [2.75, 3.05) is 13.7 Å². The van der Waals surface area contributed by atoms with E-state index in [4.69, 9.17) is 21.1 Å². The zero-order valence-electron chi connectivity index (χ0n) is 24.7. The van der Waals surface area contributed by atoms with Gasteiger partial charge < -0.3 is 25.4 Å². The predicted molar refractivity (Wildman–Crippen MR) is 161 cm³/mol. The third kappa shape index (κ3) is 10.3. The van der Waals surface area contributed by atoms with Crippen LogP contribution in [0.3, 0.4) is 0 Å². The lowest BCUT2D eigenvalue weighted by atomic mass is 9.97. The minimum absolute atomic E-state index is 0.0929. The van der Waals surface area contributed by atoms with Gasteiger partial charge in [-0.2, -0.15) is 13.2 Å². The maximum atomic E-state index is 13.7. The van der Waals surface area contributed by atoms with E-state index in [2.05, 4.69) is 16.0 Å². The highest BCUT2D eigenvalue weighted by atomic mass is 35.5. The van der Waals surface area contributed by atoms with Crippen LogP contribution in [0.15, 0.2) is 78.9 Å². The Labute approximate surface area is 263 Å². The number of rotatable bonds is 14. The van der Waals surface area contributed by atoms with E-state index in [-0.39, 0.29) is 29.4 Å². The minimum atomic E-state index is -5.20. The number of hydrogen-bond acceptors (Lipinski definition) is 6. The number of alkyl halides is 3. The number of ether oxygens (including phenoxy) is 2. The fraction of sp³-hybridized carbons (Fsp3) is 0.312. The molecule has 0 aliphatic carbocycles. The van der Waals surface area contributed by atoms with Crippen molar-refractivity contribution in [1.29, 1.82) is 0 Å². The second-order valence-corrected chi connectivity index (χ2v) is 10.8. The lowest BCUT2D eigenvalue weighted by Gasteiger charge is -2.27. The van der Waals surface area contributed by atoms with E-state index in [9.17, 15) is 32.3 Å². The summed E-state index contributed by atoms with van der Waals surface area (Å²) < 4.78 is 50.8. The van der Waals surface area contributed by atoms with Gasteiger partial charge in [-0.3, -0.25) is 19.2 Å². The maximum absolute atomic E-state index is 13.7. The summed E-state index contributed by atoms with van der Waals surface area (Å²) in [5, 5.41) is 7.50. The summed E-state index contributed by atoms with van der Waals surface area (Å²) >= 11 is 6.01. The minimum Gasteiger partial charge on any atom is -0.497 e. The van der Waals surface area contributed by atoms with Gasteiger partial charge in [-0.15, -0.1) is 0 Å². The van der Waals surface area contributed by atoms with Crippen LogP contribution in [-0.2, 0) is 25.7 Å². The van der Waals surface area contributed by atoms with Crippen molar-refractivity contribution in [3.05, 3.63) is 101 Å². The number of ketones is 1. The smallest absolute Gasteiger partial charge is 0.452 e. The van der Waals surface area contributed by atoms with Crippen molar-refractivity contribution in [3.8, 4) is 5.75 Å². The number of methoxy groups -OCH3 is 1. The van der Waals surface area contributed by atoms with Crippen molar-refractivity contribution >= 4 is 35.1 Å². The van der Waals surface area contributed by atoms with Crippen LogP contribution in [0.2, 0.25) is 5.02 Å². The Hall–Kier alpha value is -4.42. The molecule has 0 aromatic heterocycles. The highest BCUT2D eigenvalue weighted by Crippen LogP contribution is 2.23. The van der Waals surface area contributed by atoms with Gasteiger partial charge in [0.1, 0.15) is 17.8 Å². The standard InChI is InChI=1S/C32H33ClF3N3O6/c1-19(2)26(28(40)32(34,35)36)38-31(43)27(21-12-14-24(44-3)15-13-21)39-30(42)25(18-45-17-20-8-5-4-6-9-20)37-29(41)22-10-7-11-23(33)16-22/h4-16,19,25-27H,17-18H2,1-3H3,(H,37,41)(H,38,43)(H,39,42)/t25-,26-,27?/m0/s1. The van der Waals surface area contributed by atoms with Crippen molar-refractivity contribution in [1.82, 2.24) is 16.0 Å². The Kier molecular flexibility index (Phi) is 12.5. The molecule has 3 N–H and O–H groups in total. The Balaban J connectivity index is 1.90. The first kappa shape index (κ1) is 35.1. The molecule has 0 saturated heterocycles. The first-order valence-corrected chi connectivity index (χ1v) is 14.2. The van der Waals surface area contributed by atoms with Gasteiger partial charge in [0.25, 0.3) is 11.7 Å². The summed E-state index contributed by atoms with van der Waals surface area (Å²) in [4.78, 5) is 52.3. The summed E-state index contributed by atoms with van der Waals surface area (Å²) in [6, 6.07) is 16.0. The van der Waals surface area contributed by atoms with Crippen LogP contribution >= 0.6 is 11.6 Å². The van der Waals surface area contributed by atoms with Crippen LogP contribution in [0, 0.1) is 5.92 Å². The monoisotopic (exact) mass is 647 g/mol. The molecule has 13 heteroatoms. The van der Waals surface area contributed by atoms with Gasteiger partial charge in [0.15, 0.2) is 0 Å². The quantitative estimate of drug-likeness (QED) is 0.231. The van der Waals surface area contributed by atoms with E-state index in [1.807, 2.05) is 6.07 Å². The topological polar surface area (TPSA) is 123 Å². The number of nitrogens with one attached hydrogen (secondary N) is 3. The molecule has 3 aromatic rings. The van der Waals surface area contributed by atoms with E-state index in [1.165, 1.54) is 57.4 Å². The second-order valence-electron chi connectivity index (χ2n) is 10.3. The number of carbonyl (C=O) groups is 4. The largest absolute Gasteiger partial charge is 0.497 e. The summed E-state index contributed by atoms with van der Waals surface area (Å²) in [6.45, 7) is 2.46. The molecular formula is C32H33ClF3N3O6. The van der Waals surface area contributed by atoms with E-state index in [1.54, 1.807) is 36.4 Å². The van der Waals surface area contributed by atoms with E-state index >= 15 is 0 Å². The number of Topliss-reactive ketones (excluding diaryl/α,β-unsaturated/α-hetero) is 1. The molecule has 0 fully saturated rings. The Morgan fingerprint density at radius 1 is 0.844 bits per heavy atom. The lowest BCUT2D eigenvalue weighted by molar-refractivity contribution is -0.175. The molecule has 0 aliphatic heterocycles. The highest BCUT2D eigenvalue weighted by Gasteiger charge is 2.45. The molecule has 1 unspecified atom stereocenters. The molecule has 3 aromatic carbocycles. The number of carbonyl (C=O) groups excluding carboxylic acids is 4. The maximum Gasteiger partial charge on any atom is 0.452 e. The van der Waals surface area contributed by atoms with Gasteiger partial charge in [-0.1, -0.05) is 74.0 Å². The van der Waals surface area contributed by atoms with Gasteiger partial charge in [-0.05, 0) is 47.4 Å². The average Bonchev–Trinajstić information content (AvgIpc) is 3.01. The number of halogens is 4. The van der Waals surface area contributed by atoms with Crippen molar-refractivity contribution in [3.63, 3.8) is 0 Å². The Morgan fingerprint density at radius 3 is 2.09 bits per heavy atom. The van der Waals surface area contributed by atoms with Crippen LogP contribution in [0.5, 0.6) is 5.75 Å². The lowest BCUT2D eigenvalue weighted by Crippen LogP contribution is -2.55. The summed E-state index contributed by atoms with van der Waals surface area (Å²) in [6.07, 6.45) is -5.20. The summed E-state index contributed by atoms with van der Waals surface area (Å²) in [5.74, 6) is -5.26. The van der Waals surface area contributed by atoms with Crippen molar-refractivity contribution in [2.24, 2.45) is 5.92 Å².